The number of pyridine rings is 1. The van der Waals surface area contributed by atoms with Gasteiger partial charge in [-0.1, -0.05) is 0 Å². The first-order chi connectivity index (χ1) is 9.99. The van der Waals surface area contributed by atoms with Crippen LogP contribution in [0.5, 0.6) is 0 Å². The van der Waals surface area contributed by atoms with Crippen LogP contribution in [0.25, 0.3) is 0 Å². The summed E-state index contributed by atoms with van der Waals surface area (Å²) in [5.41, 5.74) is 1.22. The molecule has 0 saturated carbocycles. The minimum absolute atomic E-state index is 0.0657. The lowest BCUT2D eigenvalue weighted by molar-refractivity contribution is -0.128. The third-order valence-corrected chi connectivity index (χ3v) is 3.20. The van der Waals surface area contributed by atoms with E-state index in [2.05, 4.69) is 10.3 Å². The summed E-state index contributed by atoms with van der Waals surface area (Å²) in [7, 11) is 3.46. The average Bonchev–Trinajstić information content (AvgIpc) is 2.48. The summed E-state index contributed by atoms with van der Waals surface area (Å²) < 4.78 is 0. The largest absolute Gasteiger partial charge is 0.384 e. The molecule has 0 unspecified atom stereocenters. The van der Waals surface area contributed by atoms with Crippen molar-refractivity contribution in [3.05, 3.63) is 24.0 Å². The first kappa shape index (κ1) is 16.9. The summed E-state index contributed by atoms with van der Waals surface area (Å²) in [5, 5.41) is 3.14. The van der Waals surface area contributed by atoms with Crippen molar-refractivity contribution < 1.29 is 9.59 Å². The van der Waals surface area contributed by atoms with Crippen LogP contribution in [0.3, 0.4) is 0 Å². The smallest absolute Gasteiger partial charge is 0.272 e. The minimum Gasteiger partial charge on any atom is -0.384 e. The fourth-order valence-electron chi connectivity index (χ4n) is 1.87. The maximum Gasteiger partial charge on any atom is 0.272 e. The third kappa shape index (κ3) is 5.06. The average molecular weight is 292 g/mol. The maximum absolute atomic E-state index is 12.2. The number of nitrogens with one attached hydrogen (secondary N) is 1. The minimum atomic E-state index is -0.0759. The molecule has 1 N–H and O–H groups in total. The number of nitrogens with zero attached hydrogens (tertiary/aromatic N) is 3. The van der Waals surface area contributed by atoms with E-state index in [0.717, 1.165) is 5.69 Å². The quantitative estimate of drug-likeness (QED) is 0.826. The fraction of sp³-hybridized carbons (Fsp3) is 0.533. The van der Waals surface area contributed by atoms with E-state index in [1.54, 1.807) is 42.2 Å². The number of anilines is 1. The zero-order chi connectivity index (χ0) is 15.8. The number of carbonyl (C=O) groups is 2. The Morgan fingerprint density at radius 2 is 1.90 bits per heavy atom. The van der Waals surface area contributed by atoms with Gasteiger partial charge in [-0.3, -0.25) is 14.6 Å². The third-order valence-electron chi connectivity index (χ3n) is 3.20. The van der Waals surface area contributed by atoms with Gasteiger partial charge in [-0.15, -0.1) is 0 Å². The Balaban J connectivity index is 2.64. The molecule has 0 saturated heterocycles. The normalized spacial score (nSPS) is 10.1. The molecular formula is C15H24N4O2. The zero-order valence-corrected chi connectivity index (χ0v) is 13.2. The molecule has 1 aromatic heterocycles. The van der Waals surface area contributed by atoms with Crippen LogP contribution < -0.4 is 5.32 Å². The van der Waals surface area contributed by atoms with E-state index in [4.69, 9.17) is 0 Å². The maximum atomic E-state index is 12.2. The SMILES string of the molecule is CCN(CC)C(=O)c1cc(NCCC(=O)N(C)C)ccn1. The molecule has 1 heterocycles. The van der Waals surface area contributed by atoms with Crippen molar-refractivity contribution in [3.8, 4) is 0 Å². The Bertz CT molecular complexity index is 484. The molecule has 1 aromatic rings. The second kappa shape index (κ2) is 8.24. The molecular weight excluding hydrogens is 268 g/mol. The summed E-state index contributed by atoms with van der Waals surface area (Å²) in [5.74, 6) is -0.0102. The second-order valence-corrected chi connectivity index (χ2v) is 4.87. The van der Waals surface area contributed by atoms with Crippen molar-refractivity contribution >= 4 is 17.5 Å². The Morgan fingerprint density at radius 1 is 1.24 bits per heavy atom. The lowest BCUT2D eigenvalue weighted by Gasteiger charge is -2.18. The van der Waals surface area contributed by atoms with E-state index in [0.29, 0.717) is 31.7 Å². The molecule has 0 bridgehead atoms. The number of amides is 2. The van der Waals surface area contributed by atoms with Crippen LogP contribution in [0.15, 0.2) is 18.3 Å². The van der Waals surface area contributed by atoms with Gasteiger partial charge in [0.05, 0.1) is 0 Å². The van der Waals surface area contributed by atoms with Gasteiger partial charge in [-0.25, -0.2) is 0 Å². The van der Waals surface area contributed by atoms with E-state index in [1.165, 1.54) is 0 Å². The van der Waals surface area contributed by atoms with E-state index >= 15 is 0 Å². The van der Waals surface area contributed by atoms with Crippen molar-refractivity contribution in [2.45, 2.75) is 20.3 Å². The van der Waals surface area contributed by atoms with E-state index < -0.39 is 0 Å². The summed E-state index contributed by atoms with van der Waals surface area (Å²) >= 11 is 0. The Morgan fingerprint density at radius 3 is 2.48 bits per heavy atom. The van der Waals surface area contributed by atoms with Crippen LogP contribution in [0.1, 0.15) is 30.8 Å². The van der Waals surface area contributed by atoms with Crippen LogP contribution in [-0.2, 0) is 4.79 Å². The van der Waals surface area contributed by atoms with Crippen LogP contribution >= 0.6 is 0 Å². The molecule has 0 aliphatic heterocycles. The zero-order valence-electron chi connectivity index (χ0n) is 13.2. The van der Waals surface area contributed by atoms with Crippen LogP contribution in [0, 0.1) is 0 Å². The number of rotatable bonds is 7. The first-order valence-corrected chi connectivity index (χ1v) is 7.18. The highest BCUT2D eigenvalue weighted by Gasteiger charge is 2.14. The predicted molar refractivity (Wildman–Crippen MR) is 83.3 cm³/mol. The van der Waals surface area contributed by atoms with E-state index in [-0.39, 0.29) is 11.8 Å². The number of carbonyl (C=O) groups excluding carboxylic acids is 2. The van der Waals surface area contributed by atoms with Crippen LogP contribution in [0.4, 0.5) is 5.69 Å². The summed E-state index contributed by atoms with van der Waals surface area (Å²) in [4.78, 5) is 31.1. The lowest BCUT2D eigenvalue weighted by Crippen LogP contribution is -2.31. The molecule has 21 heavy (non-hydrogen) atoms. The molecule has 6 nitrogen and oxygen atoms in total. The monoisotopic (exact) mass is 292 g/mol. The molecule has 0 radical (unpaired) electrons. The van der Waals surface area contributed by atoms with E-state index in [1.807, 2.05) is 13.8 Å². The van der Waals surface area contributed by atoms with Crippen molar-refractivity contribution in [2.75, 3.05) is 39.0 Å². The molecule has 116 valence electrons. The Kier molecular flexibility index (Phi) is 6.65. The molecule has 2 amide bonds. The number of aromatic nitrogens is 1. The highest BCUT2D eigenvalue weighted by Crippen LogP contribution is 2.10. The van der Waals surface area contributed by atoms with Gasteiger partial charge in [0.1, 0.15) is 5.69 Å². The van der Waals surface area contributed by atoms with Gasteiger partial charge in [0.2, 0.25) is 5.91 Å². The molecule has 0 aliphatic carbocycles. The molecule has 0 atom stereocenters. The highest BCUT2D eigenvalue weighted by molar-refractivity contribution is 5.93. The molecule has 0 spiro atoms. The van der Waals surface area contributed by atoms with Crippen molar-refractivity contribution in [1.82, 2.24) is 14.8 Å². The van der Waals surface area contributed by atoms with Gasteiger partial charge < -0.3 is 15.1 Å². The fourth-order valence-corrected chi connectivity index (χ4v) is 1.87. The van der Waals surface area contributed by atoms with Gasteiger partial charge in [-0.2, -0.15) is 0 Å². The van der Waals surface area contributed by atoms with Gasteiger partial charge in [-0.05, 0) is 26.0 Å². The summed E-state index contributed by atoms with van der Waals surface area (Å²) in [6.07, 6.45) is 2.02. The van der Waals surface area contributed by atoms with Crippen LogP contribution in [-0.4, -0.2) is 60.3 Å². The van der Waals surface area contributed by atoms with Crippen molar-refractivity contribution in [3.63, 3.8) is 0 Å². The number of hydrogen-bond acceptors (Lipinski definition) is 4. The highest BCUT2D eigenvalue weighted by atomic mass is 16.2. The molecule has 1 rings (SSSR count). The second-order valence-electron chi connectivity index (χ2n) is 4.87. The van der Waals surface area contributed by atoms with Gasteiger partial charge in [0.15, 0.2) is 0 Å². The van der Waals surface area contributed by atoms with Gasteiger partial charge in [0, 0.05) is 52.0 Å². The Labute approximate surface area is 126 Å². The molecule has 6 heteroatoms. The molecule has 0 aromatic carbocycles. The number of hydrogen-bond donors (Lipinski definition) is 1. The van der Waals surface area contributed by atoms with Gasteiger partial charge >= 0.3 is 0 Å². The lowest BCUT2D eigenvalue weighted by atomic mass is 10.2. The van der Waals surface area contributed by atoms with Gasteiger partial charge in [0.25, 0.3) is 5.91 Å². The standard InChI is InChI=1S/C15H24N4O2/c1-5-19(6-2)15(21)13-11-12(7-9-17-13)16-10-8-14(20)18(3)4/h7,9,11H,5-6,8,10H2,1-4H3,(H,16,17). The first-order valence-electron chi connectivity index (χ1n) is 7.18. The van der Waals surface area contributed by atoms with Crippen LogP contribution in [0.2, 0.25) is 0 Å². The topological polar surface area (TPSA) is 65.5 Å². The summed E-state index contributed by atoms with van der Waals surface area (Å²) in [6.45, 7) is 5.73. The van der Waals surface area contributed by atoms with Crippen molar-refractivity contribution in [1.29, 1.82) is 0 Å². The molecule has 0 fully saturated rings. The Hall–Kier alpha value is -2.11. The van der Waals surface area contributed by atoms with Crippen molar-refractivity contribution in [2.24, 2.45) is 0 Å². The van der Waals surface area contributed by atoms with E-state index in [9.17, 15) is 9.59 Å². The summed E-state index contributed by atoms with van der Waals surface area (Å²) in [6, 6.07) is 3.51. The molecule has 0 aliphatic rings. The predicted octanol–water partition coefficient (Wildman–Crippen LogP) is 1.45.